The Labute approximate surface area is 107 Å². The molecule has 3 heterocycles. The Morgan fingerprint density at radius 1 is 1.28 bits per heavy atom. The molecule has 92 valence electrons. The molecule has 4 rings (SSSR count). The highest BCUT2D eigenvalue weighted by Crippen LogP contribution is 2.48. The largest absolute Gasteiger partial charge is 0.333 e. The van der Waals surface area contributed by atoms with E-state index in [1.807, 2.05) is 6.33 Å². The van der Waals surface area contributed by atoms with E-state index in [0.717, 1.165) is 13.1 Å². The van der Waals surface area contributed by atoms with Gasteiger partial charge in [-0.25, -0.2) is 4.98 Å². The number of aryl methyl sites for hydroxylation is 1. The summed E-state index contributed by atoms with van der Waals surface area (Å²) in [4.78, 5) is 6.86. The lowest BCUT2D eigenvalue weighted by Gasteiger charge is -2.40. The van der Waals surface area contributed by atoms with Gasteiger partial charge in [-0.3, -0.25) is 4.90 Å². The van der Waals surface area contributed by atoms with Gasteiger partial charge in [0.2, 0.25) is 0 Å². The zero-order valence-corrected chi connectivity index (χ0v) is 10.6. The summed E-state index contributed by atoms with van der Waals surface area (Å²) in [5, 5.41) is 0. The normalized spacial score (nSPS) is 26.3. The predicted octanol–water partition coefficient (Wildman–Crippen LogP) is 2.37. The molecule has 3 nitrogen and oxygen atoms in total. The molecule has 0 saturated heterocycles. The molecule has 0 N–H and O–H groups in total. The maximum Gasteiger partial charge on any atom is 0.0948 e. The Morgan fingerprint density at radius 3 is 3.11 bits per heavy atom. The van der Waals surface area contributed by atoms with Crippen molar-refractivity contribution in [1.82, 2.24) is 14.5 Å². The van der Waals surface area contributed by atoms with Gasteiger partial charge < -0.3 is 4.57 Å². The maximum absolute atomic E-state index is 4.37. The van der Waals surface area contributed by atoms with Crippen LogP contribution in [-0.2, 0) is 18.6 Å². The summed E-state index contributed by atoms with van der Waals surface area (Å²) in [6.45, 7) is 2.15. The Balaban J connectivity index is 2.00. The molecular formula is C15H17N3. The fourth-order valence-electron chi connectivity index (χ4n) is 3.79. The topological polar surface area (TPSA) is 21.1 Å². The molecule has 2 aliphatic rings. The van der Waals surface area contributed by atoms with Gasteiger partial charge in [0.1, 0.15) is 0 Å². The number of aromatic nitrogens is 2. The van der Waals surface area contributed by atoms with Crippen molar-refractivity contribution < 1.29 is 0 Å². The summed E-state index contributed by atoms with van der Waals surface area (Å²) in [5.74, 6) is 0. The van der Waals surface area contributed by atoms with E-state index in [1.165, 1.54) is 29.7 Å². The van der Waals surface area contributed by atoms with Gasteiger partial charge in [0, 0.05) is 13.1 Å². The van der Waals surface area contributed by atoms with Crippen LogP contribution in [0.3, 0.4) is 0 Å². The molecule has 0 saturated carbocycles. The lowest BCUT2D eigenvalue weighted by molar-refractivity contribution is 0.138. The number of rotatable bonds is 0. The third-order valence-electron chi connectivity index (χ3n) is 4.60. The van der Waals surface area contributed by atoms with E-state index < -0.39 is 0 Å². The first kappa shape index (κ1) is 10.3. The molecule has 2 aliphatic heterocycles. The van der Waals surface area contributed by atoms with E-state index >= 15 is 0 Å². The minimum absolute atomic E-state index is 0.0609. The van der Waals surface area contributed by atoms with Gasteiger partial charge in [-0.05, 0) is 31.0 Å². The van der Waals surface area contributed by atoms with Crippen molar-refractivity contribution in [3.8, 4) is 0 Å². The van der Waals surface area contributed by atoms with Crippen LogP contribution in [0.1, 0.15) is 29.7 Å². The van der Waals surface area contributed by atoms with Crippen molar-refractivity contribution in [2.75, 3.05) is 7.05 Å². The number of benzene rings is 1. The molecule has 0 aliphatic carbocycles. The second kappa shape index (κ2) is 3.45. The highest BCUT2D eigenvalue weighted by Gasteiger charge is 2.47. The van der Waals surface area contributed by atoms with Crippen molar-refractivity contribution >= 4 is 0 Å². The summed E-state index contributed by atoms with van der Waals surface area (Å²) in [6, 6.07) is 8.86. The molecule has 1 spiro atoms. The first-order valence-corrected chi connectivity index (χ1v) is 6.62. The van der Waals surface area contributed by atoms with Gasteiger partial charge in [0.15, 0.2) is 0 Å². The van der Waals surface area contributed by atoms with Crippen LogP contribution in [-0.4, -0.2) is 21.5 Å². The summed E-state index contributed by atoms with van der Waals surface area (Å²) >= 11 is 0. The quantitative estimate of drug-likeness (QED) is 0.703. The Kier molecular flexibility index (Phi) is 1.98. The van der Waals surface area contributed by atoms with Crippen LogP contribution in [0.4, 0.5) is 0 Å². The molecule has 18 heavy (non-hydrogen) atoms. The fraction of sp³-hybridized carbons (Fsp3) is 0.400. The van der Waals surface area contributed by atoms with Crippen molar-refractivity contribution in [3.05, 3.63) is 53.6 Å². The number of imidazole rings is 1. The molecule has 2 aromatic rings. The van der Waals surface area contributed by atoms with Crippen LogP contribution >= 0.6 is 0 Å². The maximum atomic E-state index is 4.37. The van der Waals surface area contributed by atoms with Crippen LogP contribution in [0.2, 0.25) is 0 Å². The number of hydrogen-bond acceptors (Lipinski definition) is 2. The van der Waals surface area contributed by atoms with Gasteiger partial charge in [-0.2, -0.15) is 0 Å². The molecule has 1 aromatic heterocycles. The standard InChI is InChI=1S/C15H17N3/c1-17-10-12-5-2-3-6-13(12)15(17)7-4-8-18-11-16-9-14(15)18/h2-3,5-6,9,11H,4,7-8,10H2,1H3. The van der Waals surface area contributed by atoms with Crippen molar-refractivity contribution in [3.63, 3.8) is 0 Å². The summed E-state index contributed by atoms with van der Waals surface area (Å²) < 4.78 is 2.32. The van der Waals surface area contributed by atoms with E-state index in [9.17, 15) is 0 Å². The smallest absolute Gasteiger partial charge is 0.0948 e. The second-order valence-corrected chi connectivity index (χ2v) is 5.45. The first-order chi connectivity index (χ1) is 8.82. The number of fused-ring (bicyclic) bond motifs is 4. The molecule has 0 bridgehead atoms. The summed E-state index contributed by atoms with van der Waals surface area (Å²) in [7, 11) is 2.24. The van der Waals surface area contributed by atoms with Gasteiger partial charge in [0.05, 0.1) is 23.8 Å². The SMILES string of the molecule is CN1Cc2ccccc2C12CCCn1cncc12. The van der Waals surface area contributed by atoms with Crippen LogP contribution in [0.15, 0.2) is 36.8 Å². The van der Waals surface area contributed by atoms with Crippen molar-refractivity contribution in [1.29, 1.82) is 0 Å². The minimum Gasteiger partial charge on any atom is -0.333 e. The summed E-state index contributed by atoms with van der Waals surface area (Å²) in [6.07, 6.45) is 6.46. The predicted molar refractivity (Wildman–Crippen MR) is 70.2 cm³/mol. The number of hydrogen-bond donors (Lipinski definition) is 0. The molecule has 3 heteroatoms. The van der Waals surface area contributed by atoms with Crippen LogP contribution in [0.5, 0.6) is 0 Å². The van der Waals surface area contributed by atoms with Gasteiger partial charge >= 0.3 is 0 Å². The van der Waals surface area contributed by atoms with Crippen molar-refractivity contribution in [2.45, 2.75) is 31.5 Å². The lowest BCUT2D eigenvalue weighted by atomic mass is 9.80. The molecule has 1 atom stereocenters. The third-order valence-corrected chi connectivity index (χ3v) is 4.60. The molecule has 1 unspecified atom stereocenters. The van der Waals surface area contributed by atoms with Crippen LogP contribution in [0.25, 0.3) is 0 Å². The zero-order chi connectivity index (χ0) is 12.2. The molecule has 0 radical (unpaired) electrons. The minimum atomic E-state index is 0.0609. The highest BCUT2D eigenvalue weighted by atomic mass is 15.2. The van der Waals surface area contributed by atoms with Crippen molar-refractivity contribution in [2.24, 2.45) is 0 Å². The van der Waals surface area contributed by atoms with Gasteiger partial charge in [-0.1, -0.05) is 24.3 Å². The van der Waals surface area contributed by atoms with Crippen LogP contribution < -0.4 is 0 Å². The Hall–Kier alpha value is -1.61. The molecule has 1 aromatic carbocycles. The van der Waals surface area contributed by atoms with Gasteiger partial charge in [0.25, 0.3) is 0 Å². The number of nitrogens with zero attached hydrogens (tertiary/aromatic N) is 3. The van der Waals surface area contributed by atoms with Gasteiger partial charge in [-0.15, -0.1) is 0 Å². The molecule has 0 fully saturated rings. The fourth-order valence-corrected chi connectivity index (χ4v) is 3.79. The molecule has 0 amide bonds. The Morgan fingerprint density at radius 2 is 2.17 bits per heavy atom. The second-order valence-electron chi connectivity index (χ2n) is 5.45. The van der Waals surface area contributed by atoms with E-state index in [4.69, 9.17) is 0 Å². The van der Waals surface area contributed by atoms with E-state index in [-0.39, 0.29) is 5.54 Å². The average Bonchev–Trinajstić information content (AvgIpc) is 2.96. The lowest BCUT2D eigenvalue weighted by Crippen LogP contribution is -2.43. The summed E-state index contributed by atoms with van der Waals surface area (Å²) in [5.41, 5.74) is 4.37. The van der Waals surface area contributed by atoms with E-state index in [1.54, 1.807) is 0 Å². The molecular weight excluding hydrogens is 222 g/mol. The zero-order valence-electron chi connectivity index (χ0n) is 10.6. The van der Waals surface area contributed by atoms with Crippen LogP contribution in [0, 0.1) is 0 Å². The highest BCUT2D eigenvalue weighted by molar-refractivity contribution is 5.45. The monoisotopic (exact) mass is 239 g/mol. The van der Waals surface area contributed by atoms with E-state index in [0.29, 0.717) is 0 Å². The third kappa shape index (κ3) is 1.10. The van der Waals surface area contributed by atoms with E-state index in [2.05, 4.69) is 52.0 Å². The Bertz CT molecular complexity index is 601. The average molecular weight is 239 g/mol. The first-order valence-electron chi connectivity index (χ1n) is 6.62.